The van der Waals surface area contributed by atoms with Crippen molar-refractivity contribution >= 4 is 101 Å². The molecule has 17 rings (SSSR count). The number of hydrogen-bond donors (Lipinski definition) is 0. The summed E-state index contributed by atoms with van der Waals surface area (Å²) in [5.41, 5.74) is 22.9. The number of nitrogens with zero attached hydrogens (tertiary/aromatic N) is 3. The average molecular weight is 1230 g/mol. The van der Waals surface area contributed by atoms with Gasteiger partial charge in [0.25, 0.3) is 6.71 Å². The molecule has 2 aliphatic rings. The van der Waals surface area contributed by atoms with Gasteiger partial charge >= 0.3 is 0 Å². The van der Waals surface area contributed by atoms with Crippen LogP contribution < -0.4 is 26.2 Å². The third-order valence-corrected chi connectivity index (χ3v) is 19.7. The van der Waals surface area contributed by atoms with E-state index in [-0.39, 0.29) is 44.7 Å². The Hall–Kier alpha value is -10.9. The van der Waals surface area contributed by atoms with Crippen molar-refractivity contribution in [3.8, 4) is 61.3 Å². The van der Waals surface area contributed by atoms with Crippen LogP contribution in [-0.2, 0) is 16.2 Å². The fourth-order valence-corrected chi connectivity index (χ4v) is 14.8. The molecule has 0 amide bonds. The van der Waals surface area contributed by atoms with E-state index in [1.165, 1.54) is 0 Å². The second-order valence-corrected chi connectivity index (χ2v) is 28.7. The Morgan fingerprint density at radius 1 is 0.337 bits per heavy atom. The van der Waals surface area contributed by atoms with Crippen LogP contribution in [0.1, 0.15) is 90.0 Å². The Bertz CT molecular complexity index is 5910. The Balaban J connectivity index is 1.09. The number of anilines is 6. The molecule has 2 aliphatic heterocycles. The maximum atomic E-state index is 9.81. The first-order chi connectivity index (χ1) is 49.4. The first-order valence-electron chi connectivity index (χ1n) is 36.9. The highest BCUT2D eigenvalue weighted by atomic mass is 16.3. The molecule has 0 radical (unpaired) electrons. The summed E-state index contributed by atoms with van der Waals surface area (Å²) < 4.78 is 84.1. The van der Waals surface area contributed by atoms with Crippen LogP contribution in [0.4, 0.5) is 34.1 Å². The fourth-order valence-electron chi connectivity index (χ4n) is 14.8. The van der Waals surface area contributed by atoms with Crippen molar-refractivity contribution in [1.82, 2.24) is 4.57 Å². The van der Waals surface area contributed by atoms with Gasteiger partial charge in [0.2, 0.25) is 0 Å². The van der Waals surface area contributed by atoms with Gasteiger partial charge in [0.05, 0.1) is 33.4 Å². The highest BCUT2D eigenvalue weighted by Gasteiger charge is 2.47. The van der Waals surface area contributed by atoms with Crippen molar-refractivity contribution in [1.29, 1.82) is 0 Å². The molecule has 4 heterocycles. The second-order valence-electron chi connectivity index (χ2n) is 28.7. The smallest absolute Gasteiger partial charge is 0.252 e. The summed E-state index contributed by atoms with van der Waals surface area (Å²) in [5.74, 6) is 0. The van der Waals surface area contributed by atoms with Gasteiger partial charge in [-0.2, -0.15) is 0 Å². The minimum absolute atomic E-state index is 0.0129. The lowest BCUT2D eigenvalue weighted by molar-refractivity contribution is 0.590. The molecule has 5 heteroatoms. The number of furan rings is 1. The van der Waals surface area contributed by atoms with Crippen LogP contribution >= 0.6 is 0 Å². The number of hydrogen-bond acceptors (Lipinski definition) is 3. The first kappa shape index (κ1) is 49.7. The summed E-state index contributed by atoms with van der Waals surface area (Å²) in [6, 6.07) is 81.5. The van der Waals surface area contributed by atoms with Gasteiger partial charge in [0.15, 0.2) is 0 Å². The van der Waals surface area contributed by atoms with Crippen LogP contribution in [-0.4, -0.2) is 11.3 Å². The lowest BCUT2D eigenvalue weighted by Gasteiger charge is -2.47. The molecule has 458 valence electrons. The maximum Gasteiger partial charge on any atom is 0.252 e. The minimum Gasteiger partial charge on any atom is -0.455 e. The van der Waals surface area contributed by atoms with Crippen LogP contribution in [0.5, 0.6) is 0 Å². The molecule has 13 aromatic carbocycles. The Kier molecular flexibility index (Phi) is 11.4. The van der Waals surface area contributed by atoms with Crippen LogP contribution in [0.3, 0.4) is 0 Å². The molecule has 15 aromatic rings. The molecule has 0 unspecified atom stereocenters. The predicted molar refractivity (Wildman–Crippen MR) is 405 cm³/mol. The first-order valence-corrected chi connectivity index (χ1v) is 32.9. The van der Waals surface area contributed by atoms with Gasteiger partial charge in [-0.1, -0.05) is 274 Å². The number of para-hydroxylation sites is 4. The molecule has 0 saturated heterocycles. The van der Waals surface area contributed by atoms with E-state index in [0.29, 0.717) is 5.69 Å². The van der Waals surface area contributed by atoms with Gasteiger partial charge in [-0.15, -0.1) is 0 Å². The van der Waals surface area contributed by atoms with Crippen LogP contribution in [0.2, 0.25) is 0 Å². The van der Waals surface area contributed by atoms with Gasteiger partial charge < -0.3 is 18.8 Å². The van der Waals surface area contributed by atoms with E-state index in [0.717, 1.165) is 145 Å². The minimum atomic E-state index is -0.497. The van der Waals surface area contributed by atoms with Crippen molar-refractivity contribution in [2.24, 2.45) is 0 Å². The second kappa shape index (κ2) is 21.9. The molecule has 0 saturated carbocycles. The maximum absolute atomic E-state index is 9.81. The summed E-state index contributed by atoms with van der Waals surface area (Å²) in [5, 5.41) is 2.09. The van der Waals surface area contributed by atoms with E-state index in [4.69, 9.17) is 7.16 Å². The van der Waals surface area contributed by atoms with E-state index in [1.54, 1.807) is 4.57 Å². The zero-order valence-electron chi connectivity index (χ0n) is 62.8. The van der Waals surface area contributed by atoms with Crippen LogP contribution in [0, 0.1) is 0 Å². The Morgan fingerprint density at radius 2 is 0.800 bits per heavy atom. The van der Waals surface area contributed by atoms with Crippen molar-refractivity contribution in [3.63, 3.8) is 0 Å². The van der Waals surface area contributed by atoms with Gasteiger partial charge in [0.1, 0.15) is 11.2 Å². The van der Waals surface area contributed by atoms with E-state index in [1.807, 2.05) is 18.2 Å². The molecule has 0 spiro atoms. The number of aromatic nitrogens is 1. The van der Waals surface area contributed by atoms with Gasteiger partial charge in [0, 0.05) is 77.8 Å². The zero-order valence-corrected chi connectivity index (χ0v) is 54.8. The van der Waals surface area contributed by atoms with Crippen LogP contribution in [0.15, 0.2) is 289 Å². The number of rotatable bonds is 8. The highest BCUT2D eigenvalue weighted by Crippen LogP contribution is 2.56. The third-order valence-electron chi connectivity index (χ3n) is 19.7. The predicted octanol–water partition coefficient (Wildman–Crippen LogP) is 23.0. The summed E-state index contributed by atoms with van der Waals surface area (Å²) in [6.45, 7) is 20.0. The molecule has 2 aromatic heterocycles. The molecule has 4 nitrogen and oxygen atoms in total. The average Bonchev–Trinajstić information content (AvgIpc) is 1.21. The van der Waals surface area contributed by atoms with Crippen LogP contribution in [0.25, 0.3) is 105 Å². The highest BCUT2D eigenvalue weighted by molar-refractivity contribution is 7.00. The lowest BCUT2D eigenvalue weighted by Crippen LogP contribution is -2.61. The normalized spacial score (nSPS) is 14.2. The van der Waals surface area contributed by atoms with Gasteiger partial charge in [-0.05, 0) is 150 Å². The van der Waals surface area contributed by atoms with E-state index in [2.05, 4.69) is 291 Å². The Labute approximate surface area is 569 Å². The molecular weight excluding hydrogens is 1150 g/mol. The van der Waals surface area contributed by atoms with E-state index >= 15 is 0 Å². The molecule has 0 atom stereocenters. The standard InChI is InChI=1S/C90H74BN3O/c1-88(2,3)62-50-71(58-31-16-11-17-32-58)85(72(51-62)59-33-18-12-19-34-59)94-80-56-65(92-77-42-25-22-37-66(77)67-38-23-26-43-78(67)92)46-47-75(80)91-76-49-61(57-29-14-10-15-30-57)45-48-79(76)93(81-54-64(90(7,8)9)55-82(94)84(81)91)86-73(60-35-20-13-21-36-60)52-63(89(4,5)6)53-74(86)70-41-28-40-69-68-39-24-27-44-83(68)95-87(69)70/h10-56H,1-9H3/i22D,23D,25D,26D,37D,38D,42D,43D. The quantitative estimate of drug-likeness (QED) is 0.142. The topological polar surface area (TPSA) is 24.6 Å². The SMILES string of the molecule is [2H]c1c([2H])c([2H])c2c(c1[2H])c1c([2H])c([2H])c([2H])c([2H])c1n2-c1ccc2c(c1)N(c1c(-c3ccccc3)cc(C(C)(C)C)cc1-c1ccccc1)c1cc(C(C)(C)C)cc3c1B2c1cc(-c2ccccc2)ccc1N3c1c(-c2ccccc2)cc(C(C)(C)C)cc1-c1cccc2c1oc1ccccc12. The Morgan fingerprint density at radius 3 is 1.35 bits per heavy atom. The van der Waals surface area contributed by atoms with Gasteiger partial charge in [-0.3, -0.25) is 0 Å². The third kappa shape index (κ3) is 9.49. The van der Waals surface area contributed by atoms with E-state index < -0.39 is 48.4 Å². The lowest BCUT2D eigenvalue weighted by atomic mass is 9.33. The molecule has 0 N–H and O–H groups in total. The van der Waals surface area contributed by atoms with Crippen molar-refractivity contribution in [2.75, 3.05) is 9.80 Å². The largest absolute Gasteiger partial charge is 0.455 e. The van der Waals surface area contributed by atoms with Crippen molar-refractivity contribution < 1.29 is 15.4 Å². The molecule has 0 bridgehead atoms. The van der Waals surface area contributed by atoms with E-state index in [9.17, 15) is 8.22 Å². The summed E-state index contributed by atoms with van der Waals surface area (Å²) in [7, 11) is 0. The van der Waals surface area contributed by atoms with Crippen molar-refractivity contribution in [3.05, 3.63) is 302 Å². The molecule has 0 aliphatic carbocycles. The fraction of sp³-hybridized carbons (Fsp3) is 0.133. The van der Waals surface area contributed by atoms with Crippen molar-refractivity contribution in [2.45, 2.75) is 78.6 Å². The molecule has 95 heavy (non-hydrogen) atoms. The summed E-state index contributed by atoms with van der Waals surface area (Å²) in [4.78, 5) is 5.02. The molecular formula is C90H74BN3O. The zero-order chi connectivity index (χ0) is 71.6. The summed E-state index contributed by atoms with van der Waals surface area (Å²) in [6.07, 6.45) is 0. The number of benzene rings is 13. The number of fused-ring (bicyclic) bond motifs is 10. The van der Waals surface area contributed by atoms with Gasteiger partial charge in [-0.25, -0.2) is 0 Å². The monoisotopic (exact) mass is 1230 g/mol. The molecule has 0 fully saturated rings. The summed E-state index contributed by atoms with van der Waals surface area (Å²) >= 11 is 0.